The molecule has 150 valence electrons. The van der Waals surface area contributed by atoms with Crippen LogP contribution in [0.25, 0.3) is 0 Å². The van der Waals surface area contributed by atoms with Gasteiger partial charge in [-0.15, -0.1) is 0 Å². The fourth-order valence-electron chi connectivity index (χ4n) is 2.32. The number of ether oxygens (including phenoxy) is 2. The van der Waals surface area contributed by atoms with Crippen LogP contribution in [0.3, 0.4) is 0 Å². The fraction of sp³-hybridized carbons (Fsp3) is 0.833. The Morgan fingerprint density at radius 1 is 1.23 bits per heavy atom. The highest BCUT2D eigenvalue weighted by Crippen LogP contribution is 2.11. The van der Waals surface area contributed by atoms with Gasteiger partial charge in [-0.3, -0.25) is 9.59 Å². The van der Waals surface area contributed by atoms with E-state index in [4.69, 9.17) is 9.47 Å². The van der Waals surface area contributed by atoms with Crippen molar-refractivity contribution in [1.82, 2.24) is 15.5 Å². The lowest BCUT2D eigenvalue weighted by Gasteiger charge is -2.24. The quantitative estimate of drug-likeness (QED) is 0.393. The van der Waals surface area contributed by atoms with Gasteiger partial charge in [0, 0.05) is 33.8 Å². The number of carbonyl (C=O) groups excluding carboxylic acids is 2. The first-order valence-electron chi connectivity index (χ1n) is 9.23. The smallest absolute Gasteiger partial charge is 0.308 e. The summed E-state index contributed by atoms with van der Waals surface area (Å²) in [4.78, 5) is 29.3. The van der Waals surface area contributed by atoms with Crippen molar-refractivity contribution in [3.8, 4) is 0 Å². The third kappa shape index (κ3) is 10.2. The zero-order chi connectivity index (χ0) is 19.6. The Morgan fingerprint density at radius 3 is 2.54 bits per heavy atom. The third-order valence-electron chi connectivity index (χ3n) is 3.68. The standard InChI is InChI=1S/C18H34N4O4/c1-18(2,3)26-16(24)9-10-19-17(21-13-15(23)22(4)5)20-12-14-8-6-7-11-25-14/h14H,6-13H2,1-5H3,(H2,19,20,21). The van der Waals surface area contributed by atoms with Crippen molar-refractivity contribution in [2.45, 2.75) is 58.2 Å². The molecule has 26 heavy (non-hydrogen) atoms. The van der Waals surface area contributed by atoms with Gasteiger partial charge >= 0.3 is 5.97 Å². The topological polar surface area (TPSA) is 92.3 Å². The maximum atomic E-state index is 11.8. The number of aliphatic imine (C=N–C) groups is 1. The molecule has 8 heteroatoms. The summed E-state index contributed by atoms with van der Waals surface area (Å²) in [5, 5.41) is 6.28. The lowest BCUT2D eigenvalue weighted by molar-refractivity contribution is -0.154. The molecule has 1 unspecified atom stereocenters. The number of nitrogens with one attached hydrogen (secondary N) is 2. The molecule has 1 atom stereocenters. The summed E-state index contributed by atoms with van der Waals surface area (Å²) in [5.41, 5.74) is -0.497. The van der Waals surface area contributed by atoms with Crippen molar-refractivity contribution < 1.29 is 19.1 Å². The molecule has 1 fully saturated rings. The number of likely N-dealkylation sites (N-methyl/N-ethyl adjacent to an activating group) is 1. The Labute approximate surface area is 156 Å². The van der Waals surface area contributed by atoms with Gasteiger partial charge in [0.25, 0.3) is 0 Å². The van der Waals surface area contributed by atoms with Gasteiger partial charge in [-0.05, 0) is 40.0 Å². The summed E-state index contributed by atoms with van der Waals surface area (Å²) in [7, 11) is 3.38. The molecule has 0 aromatic heterocycles. The molecule has 1 aliphatic rings. The van der Waals surface area contributed by atoms with Crippen LogP contribution in [0, 0.1) is 0 Å². The molecule has 0 saturated carbocycles. The Kier molecular flexibility index (Phi) is 9.40. The number of carbonyl (C=O) groups is 2. The first-order valence-corrected chi connectivity index (χ1v) is 9.23. The van der Waals surface area contributed by atoms with Crippen molar-refractivity contribution >= 4 is 17.8 Å². The molecule has 1 saturated heterocycles. The average molecular weight is 370 g/mol. The molecule has 2 N–H and O–H groups in total. The normalized spacial score (nSPS) is 18.2. The highest BCUT2D eigenvalue weighted by atomic mass is 16.6. The van der Waals surface area contributed by atoms with E-state index in [2.05, 4.69) is 15.6 Å². The zero-order valence-corrected chi connectivity index (χ0v) is 16.8. The van der Waals surface area contributed by atoms with Crippen LogP contribution in [0.4, 0.5) is 0 Å². The van der Waals surface area contributed by atoms with Crippen LogP contribution in [-0.2, 0) is 19.1 Å². The van der Waals surface area contributed by atoms with Crippen LogP contribution in [0.5, 0.6) is 0 Å². The van der Waals surface area contributed by atoms with E-state index in [1.807, 2.05) is 20.8 Å². The summed E-state index contributed by atoms with van der Waals surface area (Å²) < 4.78 is 11.0. The van der Waals surface area contributed by atoms with Crippen LogP contribution in [0.2, 0.25) is 0 Å². The average Bonchev–Trinajstić information content (AvgIpc) is 2.55. The Balaban J connectivity index is 2.49. The minimum Gasteiger partial charge on any atom is -0.460 e. The number of hydrogen-bond acceptors (Lipinski definition) is 5. The van der Waals surface area contributed by atoms with Crippen LogP contribution in [0.1, 0.15) is 46.5 Å². The number of rotatable bonds is 7. The van der Waals surface area contributed by atoms with Crippen LogP contribution in [-0.4, -0.2) is 74.8 Å². The molecule has 8 nitrogen and oxygen atoms in total. The van der Waals surface area contributed by atoms with Gasteiger partial charge in [-0.25, -0.2) is 4.99 Å². The molecule has 1 heterocycles. The summed E-state index contributed by atoms with van der Waals surface area (Å²) >= 11 is 0. The van der Waals surface area contributed by atoms with E-state index in [-0.39, 0.29) is 30.9 Å². The molecule has 0 radical (unpaired) electrons. The molecular formula is C18H34N4O4. The van der Waals surface area contributed by atoms with E-state index in [0.717, 1.165) is 25.9 Å². The first kappa shape index (κ1) is 22.2. The molecule has 0 aliphatic carbocycles. The van der Waals surface area contributed by atoms with Crippen molar-refractivity contribution in [2.75, 3.05) is 40.3 Å². The first-order chi connectivity index (χ1) is 12.2. The Morgan fingerprint density at radius 2 is 1.96 bits per heavy atom. The van der Waals surface area contributed by atoms with Gasteiger partial charge in [0.2, 0.25) is 5.91 Å². The van der Waals surface area contributed by atoms with Gasteiger partial charge in [0.1, 0.15) is 12.1 Å². The lowest BCUT2D eigenvalue weighted by Crippen LogP contribution is -2.44. The molecule has 0 aromatic rings. The third-order valence-corrected chi connectivity index (χ3v) is 3.68. The monoisotopic (exact) mass is 370 g/mol. The number of esters is 1. The van der Waals surface area contributed by atoms with Crippen molar-refractivity contribution in [3.63, 3.8) is 0 Å². The second-order valence-electron chi connectivity index (χ2n) is 7.59. The molecule has 1 aliphatic heterocycles. The number of nitrogens with zero attached hydrogens (tertiary/aromatic N) is 2. The van der Waals surface area contributed by atoms with Crippen LogP contribution in [0.15, 0.2) is 4.99 Å². The number of hydrogen-bond donors (Lipinski definition) is 2. The van der Waals surface area contributed by atoms with E-state index < -0.39 is 5.60 Å². The van der Waals surface area contributed by atoms with Crippen LogP contribution >= 0.6 is 0 Å². The summed E-state index contributed by atoms with van der Waals surface area (Å²) in [5.74, 6) is 0.134. The highest BCUT2D eigenvalue weighted by Gasteiger charge is 2.17. The van der Waals surface area contributed by atoms with E-state index in [0.29, 0.717) is 19.0 Å². The van der Waals surface area contributed by atoms with Crippen molar-refractivity contribution in [1.29, 1.82) is 0 Å². The summed E-state index contributed by atoms with van der Waals surface area (Å²) in [6.07, 6.45) is 3.63. The largest absolute Gasteiger partial charge is 0.460 e. The Hall–Kier alpha value is -1.83. The fourth-order valence-corrected chi connectivity index (χ4v) is 2.32. The summed E-state index contributed by atoms with van der Waals surface area (Å²) in [6.45, 7) is 7.33. The van der Waals surface area contributed by atoms with Crippen LogP contribution < -0.4 is 10.6 Å². The molecule has 1 rings (SSSR count). The van der Waals surface area contributed by atoms with Gasteiger partial charge in [-0.1, -0.05) is 0 Å². The second kappa shape index (κ2) is 11.0. The zero-order valence-electron chi connectivity index (χ0n) is 16.8. The predicted molar refractivity (Wildman–Crippen MR) is 101 cm³/mol. The summed E-state index contributed by atoms with van der Waals surface area (Å²) in [6, 6.07) is 0. The molecule has 0 spiro atoms. The molecule has 0 aromatic carbocycles. The maximum Gasteiger partial charge on any atom is 0.308 e. The second-order valence-corrected chi connectivity index (χ2v) is 7.59. The van der Waals surface area contributed by atoms with E-state index in [1.54, 1.807) is 14.1 Å². The predicted octanol–water partition coefficient (Wildman–Crippen LogP) is 0.911. The maximum absolute atomic E-state index is 11.8. The SMILES string of the molecule is CN(C)C(=O)CN=C(NCCC(=O)OC(C)(C)C)NCC1CCCCO1. The van der Waals surface area contributed by atoms with E-state index in [9.17, 15) is 9.59 Å². The van der Waals surface area contributed by atoms with E-state index in [1.165, 1.54) is 4.90 Å². The Bertz CT molecular complexity index is 480. The van der Waals surface area contributed by atoms with Crippen molar-refractivity contribution in [2.24, 2.45) is 4.99 Å². The minimum atomic E-state index is -0.497. The highest BCUT2D eigenvalue weighted by molar-refractivity contribution is 5.85. The van der Waals surface area contributed by atoms with Gasteiger partial charge < -0.3 is 25.0 Å². The molecule has 0 bridgehead atoms. The number of guanidine groups is 1. The van der Waals surface area contributed by atoms with Gasteiger partial charge in [-0.2, -0.15) is 0 Å². The minimum absolute atomic E-state index is 0.0420. The van der Waals surface area contributed by atoms with E-state index >= 15 is 0 Å². The number of amides is 1. The van der Waals surface area contributed by atoms with Gasteiger partial charge in [0.05, 0.1) is 12.5 Å². The lowest BCUT2D eigenvalue weighted by atomic mass is 10.1. The molecular weight excluding hydrogens is 336 g/mol. The molecule has 1 amide bonds. The van der Waals surface area contributed by atoms with Crippen molar-refractivity contribution in [3.05, 3.63) is 0 Å². The van der Waals surface area contributed by atoms with Gasteiger partial charge in [0.15, 0.2) is 5.96 Å².